The SMILES string of the molecule is COC(=O)CCSCC(=O)c1ccc(OC)c(Br)c1. The van der Waals surface area contributed by atoms with Crippen LogP contribution in [0.2, 0.25) is 0 Å². The smallest absolute Gasteiger partial charge is 0.306 e. The van der Waals surface area contributed by atoms with Crippen LogP contribution in [0.15, 0.2) is 22.7 Å². The van der Waals surface area contributed by atoms with Crippen molar-refractivity contribution in [2.45, 2.75) is 6.42 Å². The molecule has 0 N–H and O–H groups in total. The van der Waals surface area contributed by atoms with E-state index in [-0.39, 0.29) is 11.8 Å². The molecule has 0 unspecified atom stereocenters. The van der Waals surface area contributed by atoms with Crippen molar-refractivity contribution < 1.29 is 19.1 Å². The molecule has 0 aliphatic carbocycles. The van der Waals surface area contributed by atoms with Crippen molar-refractivity contribution in [3.8, 4) is 5.75 Å². The van der Waals surface area contributed by atoms with Gasteiger partial charge in [0.2, 0.25) is 0 Å². The second-order valence-electron chi connectivity index (χ2n) is 3.65. The Morgan fingerprint density at radius 1 is 1.32 bits per heavy atom. The molecule has 1 rings (SSSR count). The number of hydrogen-bond donors (Lipinski definition) is 0. The molecule has 0 saturated carbocycles. The molecule has 1 aromatic rings. The Morgan fingerprint density at radius 3 is 2.63 bits per heavy atom. The topological polar surface area (TPSA) is 52.6 Å². The molecule has 0 aliphatic heterocycles. The molecular formula is C13H15BrO4S. The molecular weight excluding hydrogens is 332 g/mol. The van der Waals surface area contributed by atoms with Crippen molar-refractivity contribution >= 4 is 39.4 Å². The Bertz CT molecular complexity index is 462. The molecule has 19 heavy (non-hydrogen) atoms. The third-order valence-electron chi connectivity index (χ3n) is 2.39. The minimum atomic E-state index is -0.257. The summed E-state index contributed by atoms with van der Waals surface area (Å²) in [5, 5.41) is 0. The Balaban J connectivity index is 2.45. The predicted octanol–water partition coefficient (Wildman–Crippen LogP) is 2.94. The van der Waals surface area contributed by atoms with Gasteiger partial charge in [-0.15, -0.1) is 0 Å². The van der Waals surface area contributed by atoms with Gasteiger partial charge < -0.3 is 9.47 Å². The highest BCUT2D eigenvalue weighted by molar-refractivity contribution is 9.10. The number of hydrogen-bond acceptors (Lipinski definition) is 5. The molecule has 0 spiro atoms. The first-order valence-electron chi connectivity index (χ1n) is 5.59. The van der Waals surface area contributed by atoms with E-state index in [0.717, 1.165) is 4.47 Å². The van der Waals surface area contributed by atoms with Crippen LogP contribution in [0.4, 0.5) is 0 Å². The lowest BCUT2D eigenvalue weighted by Gasteiger charge is -2.05. The monoisotopic (exact) mass is 346 g/mol. The van der Waals surface area contributed by atoms with Crippen LogP contribution in [0.25, 0.3) is 0 Å². The molecule has 104 valence electrons. The number of Topliss-reactive ketones (excluding diaryl/α,β-unsaturated/α-hetero) is 1. The number of thioether (sulfide) groups is 1. The van der Waals surface area contributed by atoms with Gasteiger partial charge in [-0.05, 0) is 34.1 Å². The van der Waals surface area contributed by atoms with E-state index in [9.17, 15) is 9.59 Å². The summed E-state index contributed by atoms with van der Waals surface area (Å²) in [5.41, 5.74) is 0.623. The van der Waals surface area contributed by atoms with E-state index < -0.39 is 0 Å². The summed E-state index contributed by atoms with van der Waals surface area (Å²) >= 11 is 4.76. The second kappa shape index (κ2) is 8.22. The Morgan fingerprint density at radius 2 is 2.05 bits per heavy atom. The fourth-order valence-electron chi connectivity index (χ4n) is 1.35. The fraction of sp³-hybridized carbons (Fsp3) is 0.385. The van der Waals surface area contributed by atoms with Crippen LogP contribution in [0, 0.1) is 0 Å². The number of carbonyl (C=O) groups is 2. The van der Waals surface area contributed by atoms with E-state index >= 15 is 0 Å². The largest absolute Gasteiger partial charge is 0.496 e. The van der Waals surface area contributed by atoms with Crippen LogP contribution >= 0.6 is 27.7 Å². The van der Waals surface area contributed by atoms with Crippen LogP contribution in [-0.4, -0.2) is 37.5 Å². The summed E-state index contributed by atoms with van der Waals surface area (Å²) in [6, 6.07) is 5.21. The molecule has 4 nitrogen and oxygen atoms in total. The standard InChI is InChI=1S/C13H15BrO4S/c1-17-12-4-3-9(7-10(12)14)11(15)8-19-6-5-13(16)18-2/h3-4,7H,5-6,8H2,1-2H3. The van der Waals surface area contributed by atoms with Crippen molar-refractivity contribution in [1.82, 2.24) is 0 Å². The lowest BCUT2D eigenvalue weighted by Crippen LogP contribution is -2.06. The molecule has 0 heterocycles. The summed E-state index contributed by atoms with van der Waals surface area (Å²) in [4.78, 5) is 22.8. The summed E-state index contributed by atoms with van der Waals surface area (Å²) in [6.07, 6.45) is 0.320. The molecule has 1 aromatic carbocycles. The minimum Gasteiger partial charge on any atom is -0.496 e. The number of ketones is 1. The molecule has 0 radical (unpaired) electrons. The minimum absolute atomic E-state index is 0.0261. The number of esters is 1. The van der Waals surface area contributed by atoms with Gasteiger partial charge in [0, 0.05) is 11.3 Å². The zero-order valence-electron chi connectivity index (χ0n) is 10.8. The van der Waals surface area contributed by atoms with Gasteiger partial charge in [0.05, 0.1) is 30.9 Å². The number of methoxy groups -OCH3 is 2. The maximum Gasteiger partial charge on any atom is 0.306 e. The van der Waals surface area contributed by atoms with Crippen LogP contribution in [0.5, 0.6) is 5.75 Å². The summed E-state index contributed by atoms with van der Waals surface area (Å²) in [6.45, 7) is 0. The number of halogens is 1. The van der Waals surface area contributed by atoms with Crippen LogP contribution in [0.1, 0.15) is 16.8 Å². The molecule has 0 amide bonds. The molecule has 0 bridgehead atoms. The number of ether oxygens (including phenoxy) is 2. The van der Waals surface area contributed by atoms with E-state index in [2.05, 4.69) is 20.7 Å². The lowest BCUT2D eigenvalue weighted by atomic mass is 10.1. The maximum atomic E-state index is 11.9. The normalized spacial score (nSPS) is 10.1. The quantitative estimate of drug-likeness (QED) is 0.431. The van der Waals surface area contributed by atoms with Gasteiger partial charge in [0.15, 0.2) is 5.78 Å². The summed E-state index contributed by atoms with van der Waals surface area (Å²) in [5.74, 6) is 1.38. The highest BCUT2D eigenvalue weighted by Gasteiger charge is 2.09. The van der Waals surface area contributed by atoms with Crippen molar-refractivity contribution in [3.63, 3.8) is 0 Å². The van der Waals surface area contributed by atoms with Gasteiger partial charge in [0.25, 0.3) is 0 Å². The Kier molecular flexibility index (Phi) is 6.94. The van der Waals surface area contributed by atoms with Gasteiger partial charge in [-0.25, -0.2) is 0 Å². The third kappa shape index (κ3) is 5.24. The van der Waals surface area contributed by atoms with Gasteiger partial charge in [0.1, 0.15) is 5.75 Å². The molecule has 0 atom stereocenters. The highest BCUT2D eigenvalue weighted by atomic mass is 79.9. The fourth-order valence-corrected chi connectivity index (χ4v) is 2.69. The summed E-state index contributed by atoms with van der Waals surface area (Å²) < 4.78 is 10.4. The van der Waals surface area contributed by atoms with Crippen molar-refractivity contribution in [1.29, 1.82) is 0 Å². The Hall–Kier alpha value is -1.01. The average Bonchev–Trinajstić information content (AvgIpc) is 2.42. The molecule has 0 fully saturated rings. The predicted molar refractivity (Wildman–Crippen MR) is 79.0 cm³/mol. The van der Waals surface area contributed by atoms with Crippen molar-refractivity contribution in [3.05, 3.63) is 28.2 Å². The zero-order valence-corrected chi connectivity index (χ0v) is 13.2. The van der Waals surface area contributed by atoms with Crippen LogP contribution in [0.3, 0.4) is 0 Å². The average molecular weight is 347 g/mol. The van der Waals surface area contributed by atoms with E-state index in [1.165, 1.54) is 18.9 Å². The van der Waals surface area contributed by atoms with Crippen molar-refractivity contribution in [2.24, 2.45) is 0 Å². The first-order chi connectivity index (χ1) is 9.08. The maximum absolute atomic E-state index is 11.9. The van der Waals surface area contributed by atoms with Crippen LogP contribution in [-0.2, 0) is 9.53 Å². The second-order valence-corrected chi connectivity index (χ2v) is 5.61. The van der Waals surface area contributed by atoms with Crippen LogP contribution < -0.4 is 4.74 Å². The van der Waals surface area contributed by atoms with E-state index in [0.29, 0.717) is 29.2 Å². The lowest BCUT2D eigenvalue weighted by molar-refractivity contribution is -0.140. The molecule has 0 saturated heterocycles. The molecule has 6 heteroatoms. The highest BCUT2D eigenvalue weighted by Crippen LogP contribution is 2.26. The number of rotatable bonds is 7. The van der Waals surface area contributed by atoms with Gasteiger partial charge in [-0.2, -0.15) is 11.8 Å². The van der Waals surface area contributed by atoms with Crippen molar-refractivity contribution in [2.75, 3.05) is 25.7 Å². The Labute approximate surface area is 125 Å². The number of carbonyl (C=O) groups excluding carboxylic acids is 2. The van der Waals surface area contributed by atoms with Gasteiger partial charge >= 0.3 is 5.97 Å². The zero-order chi connectivity index (χ0) is 14.3. The first-order valence-corrected chi connectivity index (χ1v) is 7.54. The van der Waals surface area contributed by atoms with E-state index in [1.54, 1.807) is 25.3 Å². The summed E-state index contributed by atoms with van der Waals surface area (Å²) in [7, 11) is 2.93. The number of benzene rings is 1. The first kappa shape index (κ1) is 16.0. The van der Waals surface area contributed by atoms with E-state index in [4.69, 9.17) is 4.74 Å². The third-order valence-corrected chi connectivity index (χ3v) is 3.96. The van der Waals surface area contributed by atoms with E-state index in [1.807, 2.05) is 0 Å². The van der Waals surface area contributed by atoms with Gasteiger partial charge in [-0.1, -0.05) is 0 Å². The molecule has 0 aromatic heterocycles. The van der Waals surface area contributed by atoms with Gasteiger partial charge in [-0.3, -0.25) is 9.59 Å². The molecule has 0 aliphatic rings.